The first-order valence-corrected chi connectivity index (χ1v) is 12.5. The molecular formula is C28H34N6O. The molecule has 182 valence electrons. The van der Waals surface area contributed by atoms with Crippen molar-refractivity contribution >= 4 is 16.7 Å². The average Bonchev–Trinajstić information content (AvgIpc) is 3.38. The fraction of sp³-hybridized carbons (Fsp3) is 0.357. The van der Waals surface area contributed by atoms with Gasteiger partial charge in [-0.3, -0.25) is 0 Å². The van der Waals surface area contributed by atoms with Crippen LogP contribution in [0, 0.1) is 6.92 Å². The van der Waals surface area contributed by atoms with Gasteiger partial charge in [0.1, 0.15) is 5.82 Å². The number of nitrogens with one attached hydrogen (secondary N) is 4. The van der Waals surface area contributed by atoms with E-state index in [1.54, 1.807) is 0 Å². The first kappa shape index (κ1) is 23.5. The first-order valence-electron chi connectivity index (χ1n) is 12.5. The summed E-state index contributed by atoms with van der Waals surface area (Å²) in [6.07, 6.45) is 3.95. The molecule has 3 heterocycles. The number of benzene rings is 2. The summed E-state index contributed by atoms with van der Waals surface area (Å²) < 4.78 is 5.57. The van der Waals surface area contributed by atoms with Crippen molar-refractivity contribution in [1.29, 1.82) is 0 Å². The quantitative estimate of drug-likeness (QED) is 0.270. The fourth-order valence-corrected chi connectivity index (χ4v) is 4.64. The van der Waals surface area contributed by atoms with E-state index < -0.39 is 0 Å². The van der Waals surface area contributed by atoms with Crippen LogP contribution in [0.4, 0.5) is 5.82 Å². The third kappa shape index (κ3) is 5.37. The van der Waals surface area contributed by atoms with Gasteiger partial charge in [-0.15, -0.1) is 0 Å². The Balaban J connectivity index is 1.55. The molecule has 0 atom stereocenters. The van der Waals surface area contributed by atoms with Gasteiger partial charge in [0.15, 0.2) is 5.82 Å². The van der Waals surface area contributed by atoms with Crippen molar-refractivity contribution in [2.75, 3.05) is 38.7 Å². The Kier molecular flexibility index (Phi) is 7.37. The van der Waals surface area contributed by atoms with Gasteiger partial charge < -0.3 is 25.7 Å². The molecule has 0 radical (unpaired) electrons. The monoisotopic (exact) mass is 470 g/mol. The van der Waals surface area contributed by atoms with Gasteiger partial charge in [0.25, 0.3) is 0 Å². The lowest BCUT2D eigenvalue weighted by Crippen LogP contribution is -2.28. The van der Waals surface area contributed by atoms with Crippen molar-refractivity contribution in [2.24, 2.45) is 0 Å². The molecule has 1 saturated heterocycles. The Morgan fingerprint density at radius 2 is 1.89 bits per heavy atom. The van der Waals surface area contributed by atoms with E-state index in [1.165, 1.54) is 10.9 Å². The standard InChI is InChI=1S/C28H34N6O/c1-19-26(24-7-4-8-25-23(24)9-12-31-25)33-28(34-27(19)32-22-10-15-35-16-11-22)21-6-3-5-20(17-21)18-30-14-13-29-2/h3-9,12,17,22,29-31H,10-11,13-16,18H2,1-2H3,(H,32,33,34). The smallest absolute Gasteiger partial charge is 0.162 e. The van der Waals surface area contributed by atoms with E-state index >= 15 is 0 Å². The Labute approximate surface area is 206 Å². The summed E-state index contributed by atoms with van der Waals surface area (Å²) in [7, 11) is 1.97. The maximum absolute atomic E-state index is 5.57. The van der Waals surface area contributed by atoms with Crippen LogP contribution in [0.25, 0.3) is 33.5 Å². The molecule has 1 aliphatic rings. The predicted octanol–water partition coefficient (Wildman–Crippen LogP) is 4.50. The van der Waals surface area contributed by atoms with Crippen LogP contribution in [0.5, 0.6) is 0 Å². The molecule has 0 bridgehead atoms. The lowest BCUT2D eigenvalue weighted by molar-refractivity contribution is 0.0904. The van der Waals surface area contributed by atoms with Gasteiger partial charge in [-0.1, -0.05) is 30.3 Å². The van der Waals surface area contributed by atoms with Crippen LogP contribution < -0.4 is 16.0 Å². The molecule has 0 amide bonds. The predicted molar refractivity (Wildman–Crippen MR) is 143 cm³/mol. The molecule has 1 fully saturated rings. The van der Waals surface area contributed by atoms with Crippen LogP contribution in [0.2, 0.25) is 0 Å². The Morgan fingerprint density at radius 1 is 1.03 bits per heavy atom. The topological polar surface area (TPSA) is 86.9 Å². The molecule has 0 spiro atoms. The largest absolute Gasteiger partial charge is 0.381 e. The maximum Gasteiger partial charge on any atom is 0.162 e. The molecule has 0 saturated carbocycles. The second kappa shape index (κ2) is 11.0. The highest BCUT2D eigenvalue weighted by atomic mass is 16.5. The molecule has 0 unspecified atom stereocenters. The molecule has 1 aliphatic heterocycles. The van der Waals surface area contributed by atoms with Crippen molar-refractivity contribution in [2.45, 2.75) is 32.4 Å². The van der Waals surface area contributed by atoms with Gasteiger partial charge in [0.2, 0.25) is 0 Å². The Hall–Kier alpha value is -3.26. The van der Waals surface area contributed by atoms with Gasteiger partial charge in [0, 0.05) is 72.7 Å². The summed E-state index contributed by atoms with van der Waals surface area (Å²) in [6.45, 7) is 6.36. The second-order valence-corrected chi connectivity index (χ2v) is 9.13. The van der Waals surface area contributed by atoms with Gasteiger partial charge in [-0.25, -0.2) is 9.97 Å². The van der Waals surface area contributed by atoms with Crippen LogP contribution in [0.3, 0.4) is 0 Å². The number of ether oxygens (including phenoxy) is 1. The molecule has 7 heteroatoms. The molecule has 7 nitrogen and oxygen atoms in total. The highest BCUT2D eigenvalue weighted by Gasteiger charge is 2.20. The third-order valence-corrected chi connectivity index (χ3v) is 6.62. The van der Waals surface area contributed by atoms with Crippen LogP contribution >= 0.6 is 0 Å². The van der Waals surface area contributed by atoms with E-state index in [0.29, 0.717) is 6.04 Å². The van der Waals surface area contributed by atoms with Crippen molar-refractivity contribution in [3.63, 3.8) is 0 Å². The van der Waals surface area contributed by atoms with Crippen molar-refractivity contribution in [3.05, 3.63) is 65.9 Å². The summed E-state index contributed by atoms with van der Waals surface area (Å²) in [6, 6.07) is 17.3. The molecule has 0 aliphatic carbocycles. The van der Waals surface area contributed by atoms with E-state index in [9.17, 15) is 0 Å². The van der Waals surface area contributed by atoms with Crippen molar-refractivity contribution in [1.82, 2.24) is 25.6 Å². The van der Waals surface area contributed by atoms with E-state index in [4.69, 9.17) is 14.7 Å². The lowest BCUT2D eigenvalue weighted by Gasteiger charge is -2.25. The zero-order chi connectivity index (χ0) is 24.0. The van der Waals surface area contributed by atoms with Gasteiger partial charge in [0.05, 0.1) is 5.69 Å². The van der Waals surface area contributed by atoms with E-state index in [0.717, 1.165) is 85.2 Å². The number of rotatable bonds is 9. The lowest BCUT2D eigenvalue weighted by atomic mass is 10.0. The SMILES string of the molecule is CNCCNCc1cccc(-c2nc(NC3CCOCC3)c(C)c(-c3cccc4[nH]ccc34)n2)c1. The number of hydrogen-bond donors (Lipinski definition) is 4. The summed E-state index contributed by atoms with van der Waals surface area (Å²) in [5, 5.41) is 11.5. The average molecular weight is 471 g/mol. The van der Waals surface area contributed by atoms with E-state index in [1.807, 2.05) is 13.2 Å². The molecule has 2 aromatic heterocycles. The zero-order valence-corrected chi connectivity index (χ0v) is 20.5. The normalized spacial score (nSPS) is 14.5. The number of H-pyrrole nitrogens is 1. The molecule has 2 aromatic carbocycles. The summed E-state index contributed by atoms with van der Waals surface area (Å²) in [5.74, 6) is 1.65. The molecular weight excluding hydrogens is 436 g/mol. The van der Waals surface area contributed by atoms with Gasteiger partial charge >= 0.3 is 0 Å². The van der Waals surface area contributed by atoms with Gasteiger partial charge in [-0.05, 0) is 50.6 Å². The highest BCUT2D eigenvalue weighted by molar-refractivity contribution is 5.95. The highest BCUT2D eigenvalue weighted by Crippen LogP contribution is 2.34. The number of aromatic amines is 1. The van der Waals surface area contributed by atoms with E-state index in [2.05, 4.69) is 76.4 Å². The maximum atomic E-state index is 5.57. The number of nitrogens with zero attached hydrogens (tertiary/aromatic N) is 2. The number of anilines is 1. The minimum atomic E-state index is 0.351. The molecule has 5 rings (SSSR count). The van der Waals surface area contributed by atoms with Crippen molar-refractivity contribution < 1.29 is 4.74 Å². The molecule has 4 aromatic rings. The summed E-state index contributed by atoms with van der Waals surface area (Å²) >= 11 is 0. The van der Waals surface area contributed by atoms with Crippen LogP contribution in [-0.4, -0.2) is 54.3 Å². The second-order valence-electron chi connectivity index (χ2n) is 9.13. The fourth-order valence-electron chi connectivity index (χ4n) is 4.64. The summed E-state index contributed by atoms with van der Waals surface area (Å²) in [5.41, 5.74) is 6.50. The van der Waals surface area contributed by atoms with Gasteiger partial charge in [-0.2, -0.15) is 0 Å². The van der Waals surface area contributed by atoms with Crippen LogP contribution in [0.1, 0.15) is 24.0 Å². The number of hydrogen-bond acceptors (Lipinski definition) is 6. The Bertz CT molecular complexity index is 1280. The van der Waals surface area contributed by atoms with Crippen LogP contribution in [0.15, 0.2) is 54.7 Å². The van der Waals surface area contributed by atoms with Crippen molar-refractivity contribution in [3.8, 4) is 22.6 Å². The minimum Gasteiger partial charge on any atom is -0.381 e. The number of fused-ring (bicyclic) bond motifs is 1. The first-order chi connectivity index (χ1) is 17.2. The molecule has 4 N–H and O–H groups in total. The summed E-state index contributed by atoms with van der Waals surface area (Å²) in [4.78, 5) is 13.5. The number of aromatic nitrogens is 3. The van der Waals surface area contributed by atoms with E-state index in [-0.39, 0.29) is 0 Å². The van der Waals surface area contributed by atoms with Crippen LogP contribution in [-0.2, 0) is 11.3 Å². The Morgan fingerprint density at radius 3 is 2.74 bits per heavy atom. The minimum absolute atomic E-state index is 0.351. The third-order valence-electron chi connectivity index (χ3n) is 6.62. The number of likely N-dealkylation sites (N-methyl/N-ethyl adjacent to an activating group) is 1. The molecule has 35 heavy (non-hydrogen) atoms. The zero-order valence-electron chi connectivity index (χ0n) is 20.5.